The molecule has 0 unspecified atom stereocenters. The van der Waals surface area contributed by atoms with E-state index >= 15 is 0 Å². The first-order valence-corrected chi connectivity index (χ1v) is 10.2. The number of hydrogen-bond donors (Lipinski definition) is 0. The fourth-order valence-electron chi connectivity index (χ4n) is 3.92. The molecule has 0 aliphatic carbocycles. The summed E-state index contributed by atoms with van der Waals surface area (Å²) in [5.41, 5.74) is 3.53. The Balaban J connectivity index is 1.37. The number of fused-ring (bicyclic) bond motifs is 2. The van der Waals surface area contributed by atoms with Crippen LogP contribution in [0.25, 0.3) is 6.08 Å². The maximum absolute atomic E-state index is 12.9. The van der Waals surface area contributed by atoms with Crippen LogP contribution in [0.4, 0.5) is 0 Å². The summed E-state index contributed by atoms with van der Waals surface area (Å²) in [4.78, 5) is 15.1. The van der Waals surface area contributed by atoms with Crippen molar-refractivity contribution in [1.29, 1.82) is 0 Å². The molecule has 30 heavy (non-hydrogen) atoms. The van der Waals surface area contributed by atoms with Gasteiger partial charge in [-0.05, 0) is 43.2 Å². The number of carbonyl (C=O) groups excluding carboxylic acids is 1. The minimum Gasteiger partial charge on any atom is -0.477 e. The second-order valence-corrected chi connectivity index (χ2v) is 7.90. The number of halogens is 1. The first-order valence-electron chi connectivity index (χ1n) is 9.83. The monoisotopic (exact) mass is 421 g/mol. The zero-order valence-corrected chi connectivity index (χ0v) is 17.2. The summed E-state index contributed by atoms with van der Waals surface area (Å²) in [6.07, 6.45) is 4.02. The van der Waals surface area contributed by atoms with Crippen LogP contribution >= 0.6 is 11.6 Å². The van der Waals surface area contributed by atoms with Gasteiger partial charge in [-0.1, -0.05) is 29.8 Å². The molecular formula is C24H20ClNO4. The van der Waals surface area contributed by atoms with Gasteiger partial charge in [0.15, 0.2) is 5.76 Å². The van der Waals surface area contributed by atoms with Gasteiger partial charge in [0.25, 0.3) is 0 Å². The molecule has 0 atom stereocenters. The molecule has 0 amide bonds. The highest BCUT2D eigenvalue weighted by Gasteiger charge is 2.33. The van der Waals surface area contributed by atoms with E-state index in [4.69, 9.17) is 25.5 Å². The minimum absolute atomic E-state index is 0.138. The first-order chi connectivity index (χ1) is 14.6. The Hall–Kier alpha value is -3.02. The fourth-order valence-corrected chi connectivity index (χ4v) is 4.15. The van der Waals surface area contributed by atoms with Gasteiger partial charge in [-0.15, -0.1) is 0 Å². The number of allylic oxidation sites excluding steroid dienone is 1. The number of ether oxygens (including phenoxy) is 2. The second-order valence-electron chi connectivity index (χ2n) is 7.49. The van der Waals surface area contributed by atoms with Gasteiger partial charge in [0.05, 0.1) is 11.8 Å². The third kappa shape index (κ3) is 3.40. The molecular weight excluding hydrogens is 402 g/mol. The number of hydrogen-bond acceptors (Lipinski definition) is 5. The van der Waals surface area contributed by atoms with E-state index in [1.807, 2.05) is 37.3 Å². The highest BCUT2D eigenvalue weighted by Crippen LogP contribution is 2.43. The molecule has 0 spiro atoms. The predicted molar refractivity (Wildman–Crippen MR) is 114 cm³/mol. The van der Waals surface area contributed by atoms with Crippen molar-refractivity contribution in [2.75, 3.05) is 13.3 Å². The molecule has 1 aromatic heterocycles. The summed E-state index contributed by atoms with van der Waals surface area (Å²) in [7, 11) is 0. The Kier molecular flexibility index (Phi) is 4.85. The van der Waals surface area contributed by atoms with Gasteiger partial charge in [-0.3, -0.25) is 9.69 Å². The van der Waals surface area contributed by atoms with Crippen molar-refractivity contribution < 1.29 is 18.7 Å². The molecule has 3 heterocycles. The van der Waals surface area contributed by atoms with Crippen molar-refractivity contribution in [3.63, 3.8) is 0 Å². The van der Waals surface area contributed by atoms with E-state index in [0.717, 1.165) is 40.4 Å². The molecule has 5 rings (SSSR count). The van der Waals surface area contributed by atoms with Crippen molar-refractivity contribution in [3.8, 4) is 11.5 Å². The van der Waals surface area contributed by atoms with Gasteiger partial charge in [-0.2, -0.15) is 0 Å². The summed E-state index contributed by atoms with van der Waals surface area (Å²) in [6.45, 7) is 3.94. The summed E-state index contributed by atoms with van der Waals surface area (Å²) >= 11 is 6.28. The van der Waals surface area contributed by atoms with Crippen LogP contribution in [0.2, 0.25) is 5.02 Å². The minimum atomic E-state index is -0.138. The number of nitrogens with zero attached hydrogens (tertiary/aromatic N) is 1. The van der Waals surface area contributed by atoms with Gasteiger partial charge in [0.1, 0.15) is 24.0 Å². The SMILES string of the molecule is Cc1c2c(cc3c1O/C(=C\c1ccco1)C3=O)CN(CCc1ccccc1Cl)CO2. The lowest BCUT2D eigenvalue weighted by atomic mass is 10.00. The molecule has 0 radical (unpaired) electrons. The first kappa shape index (κ1) is 19.0. The van der Waals surface area contributed by atoms with Crippen LogP contribution < -0.4 is 9.47 Å². The van der Waals surface area contributed by atoms with Crippen molar-refractivity contribution in [2.45, 2.75) is 19.9 Å². The largest absolute Gasteiger partial charge is 0.477 e. The van der Waals surface area contributed by atoms with Gasteiger partial charge in [0.2, 0.25) is 5.78 Å². The molecule has 0 saturated carbocycles. The highest BCUT2D eigenvalue weighted by atomic mass is 35.5. The zero-order valence-electron chi connectivity index (χ0n) is 16.5. The average molecular weight is 422 g/mol. The van der Waals surface area contributed by atoms with Crippen molar-refractivity contribution in [3.05, 3.63) is 87.5 Å². The Labute approximate surface area is 179 Å². The molecule has 0 fully saturated rings. The van der Waals surface area contributed by atoms with Crippen LogP contribution in [0, 0.1) is 6.92 Å². The van der Waals surface area contributed by atoms with E-state index in [0.29, 0.717) is 30.3 Å². The fraction of sp³-hybridized carbons (Fsp3) is 0.208. The summed E-state index contributed by atoms with van der Waals surface area (Å²) in [5, 5.41) is 0.781. The average Bonchev–Trinajstić information content (AvgIpc) is 3.37. The lowest BCUT2D eigenvalue weighted by molar-refractivity contribution is 0.0954. The normalized spacial score (nSPS) is 16.9. The molecule has 3 aromatic rings. The van der Waals surface area contributed by atoms with Gasteiger partial charge in [-0.25, -0.2) is 0 Å². The second kappa shape index (κ2) is 7.67. The van der Waals surface area contributed by atoms with Crippen LogP contribution in [0.5, 0.6) is 11.5 Å². The number of Topliss-reactive ketones (excluding diaryl/α,β-unsaturated/α-hetero) is 1. The number of furan rings is 1. The van der Waals surface area contributed by atoms with E-state index in [9.17, 15) is 4.79 Å². The molecule has 6 heteroatoms. The van der Waals surface area contributed by atoms with Crippen molar-refractivity contribution in [1.82, 2.24) is 4.90 Å². The van der Waals surface area contributed by atoms with Gasteiger partial charge < -0.3 is 13.9 Å². The molecule has 2 aliphatic heterocycles. The molecule has 0 N–H and O–H groups in total. The number of carbonyl (C=O) groups is 1. The van der Waals surface area contributed by atoms with Crippen LogP contribution in [0.3, 0.4) is 0 Å². The van der Waals surface area contributed by atoms with Crippen LogP contribution in [0.1, 0.15) is 32.8 Å². The summed E-state index contributed by atoms with van der Waals surface area (Å²) in [5.74, 6) is 2.08. The third-order valence-electron chi connectivity index (χ3n) is 5.47. The Morgan fingerprint density at radius 1 is 1.17 bits per heavy atom. The standard InChI is InChI=1S/C24H20ClNO4/c1-15-23-17(13-26(14-29-23)9-8-16-5-2-3-7-20(16)25)11-19-22(27)21(30-24(15)19)12-18-6-4-10-28-18/h2-7,10-12H,8-9,13-14H2,1H3/b21-12-. The van der Waals surface area contributed by atoms with Crippen molar-refractivity contribution in [2.24, 2.45) is 0 Å². The van der Waals surface area contributed by atoms with E-state index in [1.54, 1.807) is 24.5 Å². The number of benzene rings is 2. The van der Waals surface area contributed by atoms with Crippen LogP contribution in [-0.2, 0) is 13.0 Å². The van der Waals surface area contributed by atoms with Crippen molar-refractivity contribution >= 4 is 23.5 Å². The molecule has 2 aliphatic rings. The van der Waals surface area contributed by atoms with E-state index in [1.165, 1.54) is 0 Å². The quantitative estimate of drug-likeness (QED) is 0.538. The summed E-state index contributed by atoms with van der Waals surface area (Å²) < 4.78 is 17.2. The number of ketones is 1. The maximum atomic E-state index is 12.9. The van der Waals surface area contributed by atoms with Crippen LogP contribution in [0.15, 0.2) is 58.9 Å². The molecule has 2 aromatic carbocycles. The highest BCUT2D eigenvalue weighted by molar-refractivity contribution is 6.31. The lowest BCUT2D eigenvalue weighted by Crippen LogP contribution is -2.34. The smallest absolute Gasteiger partial charge is 0.232 e. The van der Waals surface area contributed by atoms with E-state index < -0.39 is 0 Å². The van der Waals surface area contributed by atoms with Gasteiger partial charge >= 0.3 is 0 Å². The lowest BCUT2D eigenvalue weighted by Gasteiger charge is -2.30. The topological polar surface area (TPSA) is 51.9 Å². The predicted octanol–water partition coefficient (Wildman–Crippen LogP) is 5.25. The Morgan fingerprint density at radius 2 is 2.03 bits per heavy atom. The Morgan fingerprint density at radius 3 is 2.83 bits per heavy atom. The van der Waals surface area contributed by atoms with E-state index in [2.05, 4.69) is 4.90 Å². The molecule has 5 nitrogen and oxygen atoms in total. The van der Waals surface area contributed by atoms with Gasteiger partial charge in [0, 0.05) is 35.3 Å². The molecule has 152 valence electrons. The number of rotatable bonds is 4. The Bertz CT molecular complexity index is 1150. The van der Waals surface area contributed by atoms with E-state index in [-0.39, 0.29) is 11.5 Å². The summed E-state index contributed by atoms with van der Waals surface area (Å²) in [6, 6.07) is 13.3. The zero-order chi connectivity index (χ0) is 20.7. The molecule has 0 saturated heterocycles. The van der Waals surface area contributed by atoms with Crippen LogP contribution in [-0.4, -0.2) is 24.0 Å². The molecule has 0 bridgehead atoms. The third-order valence-corrected chi connectivity index (χ3v) is 5.84. The maximum Gasteiger partial charge on any atom is 0.232 e.